The predicted octanol–water partition coefficient (Wildman–Crippen LogP) is 2.18. The van der Waals surface area contributed by atoms with Crippen LogP contribution in [0.2, 0.25) is 0 Å². The lowest BCUT2D eigenvalue weighted by Gasteiger charge is -2.34. The van der Waals surface area contributed by atoms with Crippen molar-refractivity contribution in [2.75, 3.05) is 26.2 Å². The predicted molar refractivity (Wildman–Crippen MR) is 68.0 cm³/mol. The normalized spacial score (nSPS) is 12.6. The van der Waals surface area contributed by atoms with Crippen molar-refractivity contribution in [3.63, 3.8) is 0 Å². The van der Waals surface area contributed by atoms with Gasteiger partial charge in [0.25, 0.3) is 0 Å². The van der Waals surface area contributed by atoms with Gasteiger partial charge in [0.05, 0.1) is 0 Å². The van der Waals surface area contributed by atoms with Crippen LogP contribution in [0.4, 0.5) is 0 Å². The van der Waals surface area contributed by atoms with Gasteiger partial charge in [-0.25, -0.2) is 0 Å². The maximum absolute atomic E-state index is 5.71. The molecule has 0 aromatic rings. The van der Waals surface area contributed by atoms with E-state index in [1.165, 1.54) is 0 Å². The Bertz CT molecular complexity index is 144. The fraction of sp³-hybridized carbons (Fsp3) is 0.800. The molecule has 0 aromatic carbocycles. The van der Waals surface area contributed by atoms with Crippen LogP contribution < -0.4 is 0 Å². The van der Waals surface area contributed by atoms with Crippen LogP contribution in [0.5, 0.6) is 0 Å². The van der Waals surface area contributed by atoms with Crippen molar-refractivity contribution in [1.82, 2.24) is 9.13 Å². The quantitative estimate of drug-likeness (QED) is 0.624. The van der Waals surface area contributed by atoms with Gasteiger partial charge in [-0.3, -0.25) is 0 Å². The number of halogens is 1. The van der Waals surface area contributed by atoms with E-state index in [0.29, 0.717) is 0 Å². The van der Waals surface area contributed by atoms with E-state index < -0.39 is 9.12 Å². The van der Waals surface area contributed by atoms with E-state index in [-0.39, 0.29) is 0 Å². The summed E-state index contributed by atoms with van der Waals surface area (Å²) in [6, 6.07) is 0. The van der Waals surface area contributed by atoms with Crippen LogP contribution >= 0.6 is 11.6 Å². The zero-order chi connectivity index (χ0) is 11.0. The third-order valence-corrected chi connectivity index (χ3v) is 6.50. The van der Waals surface area contributed by atoms with Crippen molar-refractivity contribution in [3.05, 3.63) is 11.2 Å². The lowest BCUT2D eigenvalue weighted by atomic mass is 10.7. The first-order valence-electron chi connectivity index (χ1n) is 5.49. The van der Waals surface area contributed by atoms with Crippen LogP contribution in [0.1, 0.15) is 27.7 Å². The Morgan fingerprint density at radius 2 is 1.29 bits per heavy atom. The SMILES string of the molecule is CCN(CC)[SiH](C=CCl)N(CC)CC. The van der Waals surface area contributed by atoms with E-state index in [2.05, 4.69) is 42.5 Å². The molecule has 0 aliphatic carbocycles. The maximum atomic E-state index is 5.71. The summed E-state index contributed by atoms with van der Waals surface area (Å²) in [5, 5.41) is 0. The molecular weight excluding hydrogens is 212 g/mol. The van der Waals surface area contributed by atoms with E-state index in [4.69, 9.17) is 11.6 Å². The van der Waals surface area contributed by atoms with Gasteiger partial charge in [0.15, 0.2) is 0 Å². The van der Waals surface area contributed by atoms with Crippen molar-refractivity contribution in [3.8, 4) is 0 Å². The molecule has 0 atom stereocenters. The van der Waals surface area contributed by atoms with Gasteiger partial charge in [-0.05, 0) is 31.7 Å². The highest BCUT2D eigenvalue weighted by molar-refractivity contribution is 6.59. The summed E-state index contributed by atoms with van der Waals surface area (Å²) in [4.78, 5) is 0. The fourth-order valence-corrected chi connectivity index (χ4v) is 4.70. The van der Waals surface area contributed by atoms with Gasteiger partial charge in [0.2, 0.25) is 9.12 Å². The van der Waals surface area contributed by atoms with Gasteiger partial charge in [-0.15, -0.1) is 0 Å². The van der Waals surface area contributed by atoms with Crippen LogP contribution in [0.15, 0.2) is 11.2 Å². The summed E-state index contributed by atoms with van der Waals surface area (Å²) >= 11 is 5.71. The van der Waals surface area contributed by atoms with Crippen LogP contribution in [0.3, 0.4) is 0 Å². The fourth-order valence-electron chi connectivity index (χ4n) is 1.73. The van der Waals surface area contributed by atoms with E-state index >= 15 is 0 Å². The van der Waals surface area contributed by atoms with Crippen molar-refractivity contribution in [1.29, 1.82) is 0 Å². The average molecular weight is 235 g/mol. The van der Waals surface area contributed by atoms with Crippen molar-refractivity contribution >= 4 is 20.7 Å². The molecule has 0 N–H and O–H groups in total. The van der Waals surface area contributed by atoms with Gasteiger partial charge < -0.3 is 9.13 Å². The topological polar surface area (TPSA) is 6.48 Å². The first-order valence-corrected chi connectivity index (χ1v) is 7.63. The van der Waals surface area contributed by atoms with Crippen LogP contribution in [0, 0.1) is 0 Å². The standard InChI is InChI=1S/C10H23ClN2Si/c1-5-12(6-2)14(10-9-11)13(7-3)8-4/h9-10,14H,5-8H2,1-4H3. The lowest BCUT2D eigenvalue weighted by Crippen LogP contribution is -2.51. The number of nitrogens with zero attached hydrogens (tertiary/aromatic N) is 2. The molecule has 0 aliphatic rings. The minimum absolute atomic E-state index is 1.11. The highest BCUT2D eigenvalue weighted by Crippen LogP contribution is 2.04. The largest absolute Gasteiger partial charge is 0.311 e. The molecule has 0 saturated carbocycles. The molecule has 0 rings (SSSR count). The molecule has 14 heavy (non-hydrogen) atoms. The zero-order valence-corrected chi connectivity index (χ0v) is 11.7. The van der Waals surface area contributed by atoms with Crippen molar-refractivity contribution < 1.29 is 0 Å². The van der Waals surface area contributed by atoms with Crippen molar-refractivity contribution in [2.24, 2.45) is 0 Å². The molecule has 0 amide bonds. The molecule has 0 heterocycles. The highest BCUT2D eigenvalue weighted by atomic mass is 35.5. The van der Waals surface area contributed by atoms with E-state index in [9.17, 15) is 0 Å². The zero-order valence-electron chi connectivity index (χ0n) is 9.83. The highest BCUT2D eigenvalue weighted by Gasteiger charge is 2.20. The molecular formula is C10H23ClN2Si. The minimum atomic E-state index is -1.11. The second kappa shape index (κ2) is 8.47. The van der Waals surface area contributed by atoms with Gasteiger partial charge in [-0.1, -0.05) is 45.0 Å². The molecule has 2 nitrogen and oxygen atoms in total. The molecule has 0 aromatic heterocycles. The van der Waals surface area contributed by atoms with E-state index in [1.54, 1.807) is 5.54 Å². The summed E-state index contributed by atoms with van der Waals surface area (Å²) in [5.41, 5.74) is 3.88. The minimum Gasteiger partial charge on any atom is -0.311 e. The Morgan fingerprint density at radius 3 is 1.50 bits per heavy atom. The summed E-state index contributed by atoms with van der Waals surface area (Å²) in [7, 11) is -1.11. The second-order valence-corrected chi connectivity index (χ2v) is 6.10. The molecule has 0 bridgehead atoms. The molecule has 0 fully saturated rings. The summed E-state index contributed by atoms with van der Waals surface area (Å²) in [6.45, 7) is 13.3. The van der Waals surface area contributed by atoms with Crippen LogP contribution in [-0.4, -0.2) is 44.4 Å². The van der Waals surface area contributed by atoms with Gasteiger partial charge in [0.1, 0.15) is 0 Å². The van der Waals surface area contributed by atoms with E-state index in [0.717, 1.165) is 26.2 Å². The molecule has 0 spiro atoms. The molecule has 84 valence electrons. The lowest BCUT2D eigenvalue weighted by molar-refractivity contribution is 0.387. The monoisotopic (exact) mass is 234 g/mol. The number of hydrogen-bond donors (Lipinski definition) is 0. The Morgan fingerprint density at radius 1 is 0.929 bits per heavy atom. The third-order valence-electron chi connectivity index (χ3n) is 2.62. The van der Waals surface area contributed by atoms with Crippen LogP contribution in [-0.2, 0) is 0 Å². The molecule has 4 heteroatoms. The summed E-state index contributed by atoms with van der Waals surface area (Å²) < 4.78 is 5.07. The summed E-state index contributed by atoms with van der Waals surface area (Å²) in [5.74, 6) is 0. The van der Waals surface area contributed by atoms with E-state index in [1.807, 2.05) is 0 Å². The second-order valence-electron chi connectivity index (χ2n) is 3.17. The van der Waals surface area contributed by atoms with Gasteiger partial charge >= 0.3 is 0 Å². The average Bonchev–Trinajstić information content (AvgIpc) is 2.21. The molecule has 0 unspecified atom stereocenters. The third kappa shape index (κ3) is 4.13. The smallest absolute Gasteiger partial charge is 0.216 e. The van der Waals surface area contributed by atoms with Crippen LogP contribution in [0.25, 0.3) is 0 Å². The molecule has 0 aliphatic heterocycles. The summed E-state index contributed by atoms with van der Waals surface area (Å²) in [6.07, 6.45) is 0. The molecule has 0 radical (unpaired) electrons. The Labute approximate surface area is 95.3 Å². The van der Waals surface area contributed by atoms with Crippen molar-refractivity contribution in [2.45, 2.75) is 27.7 Å². The Kier molecular flexibility index (Phi) is 8.57. The number of rotatable bonds is 7. The Hall–Kier alpha value is 0.167. The number of hydrogen-bond acceptors (Lipinski definition) is 2. The van der Waals surface area contributed by atoms with Gasteiger partial charge in [-0.2, -0.15) is 0 Å². The van der Waals surface area contributed by atoms with Gasteiger partial charge in [0, 0.05) is 0 Å². The Balaban J connectivity index is 4.53. The molecule has 0 saturated heterocycles. The maximum Gasteiger partial charge on any atom is 0.216 e. The first-order chi connectivity index (χ1) is 6.74. The first kappa shape index (κ1) is 14.2.